The van der Waals surface area contributed by atoms with Crippen molar-refractivity contribution in [2.75, 3.05) is 7.05 Å². The lowest BCUT2D eigenvalue weighted by Gasteiger charge is -1.99. The summed E-state index contributed by atoms with van der Waals surface area (Å²) < 4.78 is 2.24. The van der Waals surface area contributed by atoms with Crippen LogP contribution in [0.2, 0.25) is 0 Å². The van der Waals surface area contributed by atoms with E-state index in [2.05, 4.69) is 34.1 Å². The molecule has 0 unspecified atom stereocenters. The molecule has 3 nitrogen and oxygen atoms in total. The molecule has 0 aliphatic heterocycles. The summed E-state index contributed by atoms with van der Waals surface area (Å²) in [4.78, 5) is 4.44. The largest absolute Gasteiger partial charge is 0.332 e. The van der Waals surface area contributed by atoms with Crippen LogP contribution < -0.4 is 5.32 Å². The second kappa shape index (κ2) is 4.45. The van der Waals surface area contributed by atoms with Crippen LogP contribution in [0, 0.1) is 0 Å². The van der Waals surface area contributed by atoms with Crippen molar-refractivity contribution >= 4 is 11.0 Å². The minimum Gasteiger partial charge on any atom is -0.332 e. The Bertz CT molecular complexity index is 405. The number of nitrogens with zero attached hydrogens (tertiary/aromatic N) is 2. The van der Waals surface area contributed by atoms with Crippen molar-refractivity contribution in [1.29, 1.82) is 0 Å². The van der Waals surface area contributed by atoms with E-state index >= 15 is 0 Å². The predicted molar refractivity (Wildman–Crippen MR) is 62.8 cm³/mol. The Morgan fingerprint density at radius 2 is 2.33 bits per heavy atom. The fourth-order valence-electron chi connectivity index (χ4n) is 1.94. The van der Waals surface area contributed by atoms with Crippen molar-refractivity contribution in [3.8, 4) is 0 Å². The van der Waals surface area contributed by atoms with Crippen molar-refractivity contribution in [3.63, 3.8) is 0 Å². The van der Waals surface area contributed by atoms with Gasteiger partial charge < -0.3 is 9.88 Å². The number of fused-ring (bicyclic) bond motifs is 1. The molecule has 15 heavy (non-hydrogen) atoms. The Morgan fingerprint density at radius 1 is 1.47 bits per heavy atom. The van der Waals surface area contributed by atoms with E-state index in [0.29, 0.717) is 0 Å². The number of nitrogens with one attached hydrogen (secondary N) is 1. The molecule has 0 saturated heterocycles. The number of aryl methyl sites for hydroxylation is 1. The first-order valence-electron chi connectivity index (χ1n) is 5.44. The quantitative estimate of drug-likeness (QED) is 0.825. The summed E-state index contributed by atoms with van der Waals surface area (Å²) in [6.07, 6.45) is 5.20. The Morgan fingerprint density at radius 3 is 3.07 bits per heavy atom. The van der Waals surface area contributed by atoms with Gasteiger partial charge in [-0.25, -0.2) is 4.98 Å². The molecule has 0 aliphatic carbocycles. The third-order valence-corrected chi connectivity index (χ3v) is 2.55. The molecule has 0 atom stereocenters. The summed E-state index contributed by atoms with van der Waals surface area (Å²) in [7, 11) is 1.97. The standard InChI is InChI=1S/C12H17N3/c1-3-7-15-9-10(8-13-2)11-5-4-6-14-12(11)15/h4-6,9,13H,3,7-8H2,1-2H3. The van der Waals surface area contributed by atoms with Crippen molar-refractivity contribution < 1.29 is 0 Å². The van der Waals surface area contributed by atoms with Crippen LogP contribution in [-0.4, -0.2) is 16.6 Å². The van der Waals surface area contributed by atoms with Crippen LogP contribution in [-0.2, 0) is 13.1 Å². The third-order valence-electron chi connectivity index (χ3n) is 2.55. The number of hydrogen-bond donors (Lipinski definition) is 1. The van der Waals surface area contributed by atoms with Crippen LogP contribution in [0.15, 0.2) is 24.5 Å². The lowest BCUT2D eigenvalue weighted by atomic mass is 10.2. The fraction of sp³-hybridized carbons (Fsp3) is 0.417. The van der Waals surface area contributed by atoms with Gasteiger partial charge in [0.2, 0.25) is 0 Å². The van der Waals surface area contributed by atoms with Crippen LogP contribution in [0.1, 0.15) is 18.9 Å². The normalized spacial score (nSPS) is 11.1. The van der Waals surface area contributed by atoms with Crippen LogP contribution in [0.4, 0.5) is 0 Å². The van der Waals surface area contributed by atoms with Crippen molar-refractivity contribution in [2.45, 2.75) is 26.4 Å². The SMILES string of the molecule is CCCn1cc(CNC)c2cccnc21. The van der Waals surface area contributed by atoms with Crippen LogP contribution in [0.3, 0.4) is 0 Å². The number of pyridine rings is 1. The molecule has 0 bridgehead atoms. The van der Waals surface area contributed by atoms with E-state index in [0.717, 1.165) is 25.2 Å². The molecular weight excluding hydrogens is 186 g/mol. The summed E-state index contributed by atoms with van der Waals surface area (Å²) in [5.74, 6) is 0. The molecule has 2 rings (SSSR count). The van der Waals surface area contributed by atoms with E-state index in [1.165, 1.54) is 10.9 Å². The van der Waals surface area contributed by atoms with Gasteiger partial charge in [0.1, 0.15) is 5.65 Å². The summed E-state index contributed by atoms with van der Waals surface area (Å²) in [5, 5.41) is 4.45. The van der Waals surface area contributed by atoms with E-state index in [1.807, 2.05) is 19.3 Å². The zero-order valence-electron chi connectivity index (χ0n) is 9.33. The van der Waals surface area contributed by atoms with Crippen molar-refractivity contribution in [2.24, 2.45) is 0 Å². The maximum absolute atomic E-state index is 4.44. The highest BCUT2D eigenvalue weighted by molar-refractivity contribution is 5.80. The summed E-state index contributed by atoms with van der Waals surface area (Å²) >= 11 is 0. The highest BCUT2D eigenvalue weighted by Gasteiger charge is 2.07. The van der Waals surface area contributed by atoms with Crippen molar-refractivity contribution in [1.82, 2.24) is 14.9 Å². The van der Waals surface area contributed by atoms with E-state index in [4.69, 9.17) is 0 Å². The molecule has 2 heterocycles. The number of rotatable bonds is 4. The molecule has 2 aromatic heterocycles. The van der Waals surface area contributed by atoms with Gasteiger partial charge in [-0.2, -0.15) is 0 Å². The van der Waals surface area contributed by atoms with Gasteiger partial charge in [-0.05, 0) is 31.2 Å². The molecule has 0 saturated carbocycles. The van der Waals surface area contributed by atoms with Gasteiger partial charge >= 0.3 is 0 Å². The van der Waals surface area contributed by atoms with Gasteiger partial charge in [-0.3, -0.25) is 0 Å². The third kappa shape index (κ3) is 1.88. The van der Waals surface area contributed by atoms with E-state index in [-0.39, 0.29) is 0 Å². The molecule has 80 valence electrons. The smallest absolute Gasteiger partial charge is 0.140 e. The molecule has 0 aromatic carbocycles. The predicted octanol–water partition coefficient (Wildman–Crippen LogP) is 2.17. The Hall–Kier alpha value is -1.35. The van der Waals surface area contributed by atoms with Crippen molar-refractivity contribution in [3.05, 3.63) is 30.1 Å². The summed E-state index contributed by atoms with van der Waals surface area (Å²) in [6, 6.07) is 4.14. The van der Waals surface area contributed by atoms with E-state index in [1.54, 1.807) is 0 Å². The van der Waals surface area contributed by atoms with Gasteiger partial charge in [-0.15, -0.1) is 0 Å². The molecule has 3 heteroatoms. The average molecular weight is 203 g/mol. The molecule has 2 aromatic rings. The van der Waals surface area contributed by atoms with E-state index in [9.17, 15) is 0 Å². The number of hydrogen-bond acceptors (Lipinski definition) is 2. The monoisotopic (exact) mass is 203 g/mol. The highest BCUT2D eigenvalue weighted by atomic mass is 15.0. The van der Waals surface area contributed by atoms with Gasteiger partial charge in [-0.1, -0.05) is 6.92 Å². The Balaban J connectivity index is 2.52. The topological polar surface area (TPSA) is 29.9 Å². The maximum Gasteiger partial charge on any atom is 0.140 e. The second-order valence-electron chi connectivity index (χ2n) is 3.75. The molecule has 0 aliphatic rings. The minimum absolute atomic E-state index is 0.902. The second-order valence-corrected chi connectivity index (χ2v) is 3.75. The lowest BCUT2D eigenvalue weighted by molar-refractivity contribution is 0.692. The van der Waals surface area contributed by atoms with Gasteiger partial charge in [0.25, 0.3) is 0 Å². The molecule has 0 amide bonds. The van der Waals surface area contributed by atoms with Gasteiger partial charge in [0, 0.05) is 30.9 Å². The minimum atomic E-state index is 0.902. The fourth-order valence-corrected chi connectivity index (χ4v) is 1.94. The summed E-state index contributed by atoms with van der Waals surface area (Å²) in [6.45, 7) is 4.13. The zero-order valence-corrected chi connectivity index (χ0v) is 9.33. The first-order valence-corrected chi connectivity index (χ1v) is 5.44. The number of aromatic nitrogens is 2. The summed E-state index contributed by atoms with van der Waals surface area (Å²) in [5.41, 5.74) is 2.43. The van der Waals surface area contributed by atoms with Crippen LogP contribution in [0.5, 0.6) is 0 Å². The first-order chi connectivity index (χ1) is 7.36. The lowest BCUT2D eigenvalue weighted by Crippen LogP contribution is -2.04. The van der Waals surface area contributed by atoms with Gasteiger partial charge in [0.15, 0.2) is 0 Å². The first kappa shape index (κ1) is 10.2. The molecule has 0 radical (unpaired) electrons. The molecule has 0 spiro atoms. The molecular formula is C12H17N3. The molecule has 0 fully saturated rings. The zero-order chi connectivity index (χ0) is 10.7. The van der Waals surface area contributed by atoms with Gasteiger partial charge in [0.05, 0.1) is 0 Å². The highest BCUT2D eigenvalue weighted by Crippen LogP contribution is 2.19. The van der Waals surface area contributed by atoms with Crippen LogP contribution in [0.25, 0.3) is 11.0 Å². The van der Waals surface area contributed by atoms with Crippen LogP contribution >= 0.6 is 0 Å². The Labute approximate surface area is 90.1 Å². The Kier molecular flexibility index (Phi) is 3.02. The van der Waals surface area contributed by atoms with E-state index < -0.39 is 0 Å². The average Bonchev–Trinajstić information content (AvgIpc) is 2.59. The molecule has 1 N–H and O–H groups in total. The maximum atomic E-state index is 4.44.